The van der Waals surface area contributed by atoms with Crippen LogP contribution < -0.4 is 4.72 Å². The molecule has 108 valence electrons. The first-order valence-corrected chi connectivity index (χ1v) is 8.89. The Morgan fingerprint density at radius 2 is 1.81 bits per heavy atom. The van der Waals surface area contributed by atoms with Crippen molar-refractivity contribution in [3.63, 3.8) is 0 Å². The third-order valence-electron chi connectivity index (χ3n) is 3.43. The van der Waals surface area contributed by atoms with E-state index in [9.17, 15) is 8.42 Å². The molecular formula is C16H14BrNO2S. The average molecular weight is 364 g/mol. The molecule has 0 bridgehead atoms. The summed E-state index contributed by atoms with van der Waals surface area (Å²) >= 11 is 3.34. The second-order valence-corrected chi connectivity index (χ2v) is 7.58. The Hall–Kier alpha value is -1.59. The van der Waals surface area contributed by atoms with Gasteiger partial charge in [0.1, 0.15) is 0 Å². The highest BCUT2D eigenvalue weighted by atomic mass is 79.9. The number of halogens is 1. The summed E-state index contributed by atoms with van der Waals surface area (Å²) in [5, 5.41) is 0. The summed E-state index contributed by atoms with van der Waals surface area (Å²) in [6.45, 7) is 0. The lowest BCUT2D eigenvalue weighted by atomic mass is 9.98. The highest BCUT2D eigenvalue weighted by Crippen LogP contribution is 2.28. The third-order valence-corrected chi connectivity index (χ3v) is 5.44. The molecule has 0 unspecified atom stereocenters. The van der Waals surface area contributed by atoms with E-state index in [2.05, 4.69) is 20.7 Å². The fraction of sp³-hybridized carbons (Fsp3) is 0.125. The summed E-state index contributed by atoms with van der Waals surface area (Å²) in [5.74, 6) is 0. The Morgan fingerprint density at radius 3 is 2.62 bits per heavy atom. The topological polar surface area (TPSA) is 46.2 Å². The molecule has 3 nitrogen and oxygen atoms in total. The normalized spacial score (nSPS) is 14.2. The summed E-state index contributed by atoms with van der Waals surface area (Å²) in [7, 11) is -3.51. The maximum atomic E-state index is 12.5. The summed E-state index contributed by atoms with van der Waals surface area (Å²) in [6, 6.07) is 15.0. The van der Waals surface area contributed by atoms with Crippen LogP contribution in [0.2, 0.25) is 0 Å². The van der Waals surface area contributed by atoms with Gasteiger partial charge in [-0.3, -0.25) is 4.72 Å². The van der Waals surface area contributed by atoms with Gasteiger partial charge in [-0.1, -0.05) is 46.3 Å². The van der Waals surface area contributed by atoms with Crippen molar-refractivity contribution >= 4 is 37.7 Å². The molecule has 0 saturated carbocycles. The van der Waals surface area contributed by atoms with E-state index in [1.165, 1.54) is 5.56 Å². The summed E-state index contributed by atoms with van der Waals surface area (Å²) in [5.41, 5.74) is 2.74. The number of benzene rings is 2. The Kier molecular flexibility index (Phi) is 3.87. The predicted octanol–water partition coefficient (Wildman–Crippen LogP) is 4.18. The van der Waals surface area contributed by atoms with Gasteiger partial charge < -0.3 is 0 Å². The van der Waals surface area contributed by atoms with Crippen LogP contribution in [0.1, 0.15) is 17.5 Å². The van der Waals surface area contributed by atoms with E-state index in [4.69, 9.17) is 0 Å². The van der Waals surface area contributed by atoms with Gasteiger partial charge in [0.25, 0.3) is 10.0 Å². The fourth-order valence-corrected chi connectivity index (χ4v) is 4.01. The van der Waals surface area contributed by atoms with Gasteiger partial charge in [-0.05, 0) is 48.2 Å². The van der Waals surface area contributed by atoms with Gasteiger partial charge in [-0.15, -0.1) is 0 Å². The minimum absolute atomic E-state index is 0.432. The monoisotopic (exact) mass is 363 g/mol. The van der Waals surface area contributed by atoms with Crippen LogP contribution in [-0.4, -0.2) is 8.42 Å². The highest BCUT2D eigenvalue weighted by molar-refractivity contribution is 9.10. The van der Waals surface area contributed by atoms with Gasteiger partial charge in [0.2, 0.25) is 0 Å². The van der Waals surface area contributed by atoms with E-state index in [0.29, 0.717) is 17.0 Å². The number of sulfonamides is 1. The molecule has 21 heavy (non-hydrogen) atoms. The average Bonchev–Trinajstić information content (AvgIpc) is 2.46. The van der Waals surface area contributed by atoms with E-state index in [0.717, 1.165) is 16.5 Å². The van der Waals surface area contributed by atoms with Crippen molar-refractivity contribution < 1.29 is 8.42 Å². The van der Waals surface area contributed by atoms with Crippen molar-refractivity contribution in [1.82, 2.24) is 0 Å². The molecular weight excluding hydrogens is 350 g/mol. The smallest absolute Gasteiger partial charge is 0.258 e. The lowest BCUT2D eigenvalue weighted by molar-refractivity contribution is 0.605. The molecule has 0 fully saturated rings. The first-order valence-electron chi connectivity index (χ1n) is 6.61. The molecule has 0 aliphatic heterocycles. The Morgan fingerprint density at radius 1 is 1.00 bits per heavy atom. The quantitative estimate of drug-likeness (QED) is 0.888. The molecule has 5 heteroatoms. The van der Waals surface area contributed by atoms with Gasteiger partial charge in [-0.2, -0.15) is 0 Å². The third kappa shape index (κ3) is 3.19. The first-order chi connectivity index (χ1) is 10.0. The van der Waals surface area contributed by atoms with Crippen LogP contribution in [0.15, 0.2) is 57.9 Å². The summed E-state index contributed by atoms with van der Waals surface area (Å²) in [6.07, 6.45) is 3.04. The lowest BCUT2D eigenvalue weighted by Gasteiger charge is -2.17. The number of aryl methyl sites for hydroxylation is 1. The van der Waals surface area contributed by atoms with Gasteiger partial charge in [0, 0.05) is 10.2 Å². The highest BCUT2D eigenvalue weighted by Gasteiger charge is 2.21. The Bertz CT molecular complexity index is 813. The van der Waals surface area contributed by atoms with Crippen molar-refractivity contribution in [2.24, 2.45) is 0 Å². The molecule has 0 spiro atoms. The molecule has 2 aromatic carbocycles. The van der Waals surface area contributed by atoms with E-state index in [1.54, 1.807) is 24.3 Å². The van der Waals surface area contributed by atoms with Gasteiger partial charge in [0.15, 0.2) is 0 Å². The van der Waals surface area contributed by atoms with Crippen LogP contribution in [0.5, 0.6) is 0 Å². The van der Waals surface area contributed by atoms with E-state index < -0.39 is 10.0 Å². The first kappa shape index (κ1) is 14.4. The van der Waals surface area contributed by atoms with Crippen LogP contribution in [0.4, 0.5) is 5.69 Å². The molecule has 0 saturated heterocycles. The molecule has 2 aromatic rings. The largest absolute Gasteiger partial charge is 0.280 e. The zero-order valence-corrected chi connectivity index (χ0v) is 13.6. The number of anilines is 1. The molecule has 1 aliphatic carbocycles. The zero-order valence-electron chi connectivity index (χ0n) is 11.2. The van der Waals surface area contributed by atoms with Crippen LogP contribution in [-0.2, 0) is 16.4 Å². The molecule has 0 heterocycles. The molecule has 0 aromatic heterocycles. The Balaban J connectivity index is 1.91. The SMILES string of the molecule is O=S(=O)(Nc1cccc(Br)c1)C1=Cc2ccccc2CC1. The standard InChI is InChI=1S/C16H14BrNO2S/c17-14-6-3-7-15(11-14)18-21(19,20)16-9-8-12-4-1-2-5-13(12)10-16/h1-7,10-11,18H,8-9H2. The fourth-order valence-electron chi connectivity index (χ4n) is 2.39. The van der Waals surface area contributed by atoms with Crippen molar-refractivity contribution in [2.45, 2.75) is 12.8 Å². The molecule has 3 rings (SSSR count). The number of fused-ring (bicyclic) bond motifs is 1. The Labute approximate surface area is 132 Å². The second kappa shape index (κ2) is 5.66. The molecule has 0 atom stereocenters. The van der Waals surface area contributed by atoms with E-state index in [-0.39, 0.29) is 0 Å². The van der Waals surface area contributed by atoms with Gasteiger partial charge >= 0.3 is 0 Å². The number of hydrogen-bond donors (Lipinski definition) is 1. The van der Waals surface area contributed by atoms with Crippen LogP contribution in [0, 0.1) is 0 Å². The number of nitrogens with one attached hydrogen (secondary N) is 1. The van der Waals surface area contributed by atoms with Crippen molar-refractivity contribution in [3.05, 3.63) is 69.0 Å². The maximum absolute atomic E-state index is 12.5. The summed E-state index contributed by atoms with van der Waals surface area (Å²) in [4.78, 5) is 0.432. The minimum atomic E-state index is -3.51. The van der Waals surface area contributed by atoms with Crippen molar-refractivity contribution in [2.75, 3.05) is 4.72 Å². The lowest BCUT2D eigenvalue weighted by Crippen LogP contribution is -2.17. The molecule has 1 aliphatic rings. The number of rotatable bonds is 3. The van der Waals surface area contributed by atoms with Crippen molar-refractivity contribution in [1.29, 1.82) is 0 Å². The molecule has 1 N–H and O–H groups in total. The molecule has 0 radical (unpaired) electrons. The van der Waals surface area contributed by atoms with Crippen molar-refractivity contribution in [3.8, 4) is 0 Å². The number of allylic oxidation sites excluding steroid dienone is 1. The van der Waals surface area contributed by atoms with E-state index >= 15 is 0 Å². The molecule has 0 amide bonds. The van der Waals surface area contributed by atoms with Gasteiger partial charge in [-0.25, -0.2) is 8.42 Å². The van der Waals surface area contributed by atoms with Crippen LogP contribution in [0.25, 0.3) is 6.08 Å². The van der Waals surface area contributed by atoms with Crippen LogP contribution in [0.3, 0.4) is 0 Å². The van der Waals surface area contributed by atoms with Crippen LogP contribution >= 0.6 is 15.9 Å². The number of hydrogen-bond acceptors (Lipinski definition) is 2. The zero-order chi connectivity index (χ0) is 14.9. The summed E-state index contributed by atoms with van der Waals surface area (Å²) < 4.78 is 28.4. The van der Waals surface area contributed by atoms with Gasteiger partial charge in [0.05, 0.1) is 4.91 Å². The predicted molar refractivity (Wildman–Crippen MR) is 89.4 cm³/mol. The second-order valence-electron chi connectivity index (χ2n) is 4.93. The maximum Gasteiger partial charge on any atom is 0.258 e. The minimum Gasteiger partial charge on any atom is -0.280 e. The van der Waals surface area contributed by atoms with E-state index in [1.807, 2.05) is 30.3 Å².